The fourth-order valence-corrected chi connectivity index (χ4v) is 2.28. The summed E-state index contributed by atoms with van der Waals surface area (Å²) in [6, 6.07) is 11.2. The quantitative estimate of drug-likeness (QED) is 0.877. The average Bonchev–Trinajstić information content (AvgIpc) is 2.46. The van der Waals surface area contributed by atoms with Gasteiger partial charge < -0.3 is 15.3 Å². The second-order valence-electron chi connectivity index (χ2n) is 4.77. The standard InChI is InChI=1S/C15H15N3O2/c1-10(19)11-6-7-16-14(8-11)18-9-15(20)17-12-4-2-3-5-13(12)18/h2-8,10,19H,9H2,1H3,(H,17,20)/t10-/m0/s1. The number of fused-ring (bicyclic) bond motifs is 1. The topological polar surface area (TPSA) is 65.5 Å². The van der Waals surface area contributed by atoms with Crippen LogP contribution < -0.4 is 10.2 Å². The van der Waals surface area contributed by atoms with E-state index >= 15 is 0 Å². The van der Waals surface area contributed by atoms with Crippen LogP contribution in [0, 0.1) is 0 Å². The van der Waals surface area contributed by atoms with Gasteiger partial charge in [0, 0.05) is 6.20 Å². The zero-order valence-corrected chi connectivity index (χ0v) is 11.1. The van der Waals surface area contributed by atoms with Crippen molar-refractivity contribution in [3.8, 4) is 0 Å². The number of pyridine rings is 1. The molecule has 0 saturated carbocycles. The van der Waals surface area contributed by atoms with Crippen LogP contribution in [0.15, 0.2) is 42.6 Å². The lowest BCUT2D eigenvalue weighted by molar-refractivity contribution is -0.115. The van der Waals surface area contributed by atoms with E-state index in [2.05, 4.69) is 10.3 Å². The molecule has 2 N–H and O–H groups in total. The lowest BCUT2D eigenvalue weighted by atomic mass is 10.1. The van der Waals surface area contributed by atoms with E-state index < -0.39 is 6.10 Å². The normalized spacial score (nSPS) is 15.5. The van der Waals surface area contributed by atoms with Gasteiger partial charge in [0.2, 0.25) is 5.91 Å². The zero-order valence-electron chi connectivity index (χ0n) is 11.1. The maximum atomic E-state index is 11.8. The number of nitrogens with zero attached hydrogens (tertiary/aromatic N) is 2. The molecule has 102 valence electrons. The number of hydrogen-bond acceptors (Lipinski definition) is 4. The molecule has 5 nitrogen and oxygen atoms in total. The lowest BCUT2D eigenvalue weighted by Gasteiger charge is -2.30. The molecule has 0 saturated heterocycles. The predicted octanol–water partition coefficient (Wildman–Crippen LogP) is 2.23. The van der Waals surface area contributed by atoms with Crippen LogP contribution in [0.3, 0.4) is 0 Å². The van der Waals surface area contributed by atoms with Crippen molar-refractivity contribution in [2.45, 2.75) is 13.0 Å². The molecule has 0 radical (unpaired) electrons. The molecule has 1 aliphatic heterocycles. The first-order valence-electron chi connectivity index (χ1n) is 6.45. The van der Waals surface area contributed by atoms with E-state index in [1.165, 1.54) is 0 Å². The van der Waals surface area contributed by atoms with Gasteiger partial charge >= 0.3 is 0 Å². The summed E-state index contributed by atoms with van der Waals surface area (Å²) in [5.41, 5.74) is 2.45. The summed E-state index contributed by atoms with van der Waals surface area (Å²) in [6.45, 7) is 1.92. The van der Waals surface area contributed by atoms with Crippen LogP contribution in [0.4, 0.5) is 17.2 Å². The van der Waals surface area contributed by atoms with Gasteiger partial charge in [-0.3, -0.25) is 4.79 Å². The fourth-order valence-electron chi connectivity index (χ4n) is 2.28. The third kappa shape index (κ3) is 2.23. The van der Waals surface area contributed by atoms with E-state index in [4.69, 9.17) is 0 Å². The predicted molar refractivity (Wildman–Crippen MR) is 76.9 cm³/mol. The first-order valence-corrected chi connectivity index (χ1v) is 6.45. The number of para-hydroxylation sites is 2. The minimum Gasteiger partial charge on any atom is -0.389 e. The highest BCUT2D eigenvalue weighted by Gasteiger charge is 2.23. The highest BCUT2D eigenvalue weighted by molar-refractivity contribution is 6.02. The Morgan fingerprint density at radius 2 is 2.15 bits per heavy atom. The minimum atomic E-state index is -0.564. The molecule has 0 unspecified atom stereocenters. The van der Waals surface area contributed by atoms with Crippen LogP contribution in [-0.2, 0) is 4.79 Å². The van der Waals surface area contributed by atoms with Gasteiger partial charge in [-0.25, -0.2) is 4.98 Å². The summed E-state index contributed by atoms with van der Waals surface area (Å²) in [6.07, 6.45) is 1.08. The number of nitrogens with one attached hydrogen (secondary N) is 1. The van der Waals surface area contributed by atoms with Gasteiger partial charge in [-0.1, -0.05) is 12.1 Å². The van der Waals surface area contributed by atoms with Crippen LogP contribution in [0.2, 0.25) is 0 Å². The molecule has 1 aliphatic rings. The number of benzene rings is 1. The summed E-state index contributed by atoms with van der Waals surface area (Å²) in [5, 5.41) is 12.5. The Hall–Kier alpha value is -2.40. The summed E-state index contributed by atoms with van der Waals surface area (Å²) in [5.74, 6) is 0.582. The fraction of sp³-hybridized carbons (Fsp3) is 0.200. The van der Waals surface area contributed by atoms with Crippen LogP contribution in [0.25, 0.3) is 0 Å². The van der Waals surface area contributed by atoms with Gasteiger partial charge in [0.1, 0.15) is 12.4 Å². The van der Waals surface area contributed by atoms with Gasteiger partial charge in [-0.15, -0.1) is 0 Å². The number of amides is 1. The van der Waals surface area contributed by atoms with Crippen LogP contribution in [0.5, 0.6) is 0 Å². The van der Waals surface area contributed by atoms with E-state index in [1.807, 2.05) is 29.2 Å². The van der Waals surface area contributed by atoms with Crippen LogP contribution >= 0.6 is 0 Å². The van der Waals surface area contributed by atoms with Crippen molar-refractivity contribution in [1.29, 1.82) is 0 Å². The second kappa shape index (κ2) is 4.94. The highest BCUT2D eigenvalue weighted by Crippen LogP contribution is 2.34. The van der Waals surface area contributed by atoms with Gasteiger partial charge in [-0.05, 0) is 36.8 Å². The maximum Gasteiger partial charge on any atom is 0.244 e. The maximum absolute atomic E-state index is 11.8. The van der Waals surface area contributed by atoms with Crippen molar-refractivity contribution in [3.05, 3.63) is 48.2 Å². The molecule has 2 heterocycles. The molecule has 0 spiro atoms. The molecular formula is C15H15N3O2. The van der Waals surface area contributed by atoms with Gasteiger partial charge in [0.05, 0.1) is 17.5 Å². The molecule has 20 heavy (non-hydrogen) atoms. The van der Waals surface area contributed by atoms with Crippen molar-refractivity contribution in [3.63, 3.8) is 0 Å². The molecule has 0 fully saturated rings. The summed E-state index contributed by atoms with van der Waals surface area (Å²) in [7, 11) is 0. The third-order valence-corrected chi connectivity index (χ3v) is 3.30. The van der Waals surface area contributed by atoms with Crippen LogP contribution in [-0.4, -0.2) is 22.5 Å². The molecule has 0 aliphatic carbocycles. The van der Waals surface area contributed by atoms with E-state index in [0.717, 1.165) is 16.9 Å². The molecule has 1 amide bonds. The van der Waals surface area contributed by atoms with Crippen molar-refractivity contribution in [1.82, 2.24) is 4.98 Å². The zero-order chi connectivity index (χ0) is 14.1. The van der Waals surface area contributed by atoms with Gasteiger partial charge in [0.15, 0.2) is 0 Å². The SMILES string of the molecule is C[C@H](O)c1ccnc(N2CC(=O)Nc3ccccc32)c1. The Bertz CT molecular complexity index is 655. The number of aromatic nitrogens is 1. The second-order valence-corrected chi connectivity index (χ2v) is 4.77. The van der Waals surface area contributed by atoms with E-state index in [9.17, 15) is 9.90 Å². The largest absolute Gasteiger partial charge is 0.389 e. The molecule has 0 bridgehead atoms. The molecule has 3 rings (SSSR count). The average molecular weight is 269 g/mol. The molecule has 1 aromatic heterocycles. The number of carbonyl (C=O) groups is 1. The Morgan fingerprint density at radius 1 is 1.35 bits per heavy atom. The van der Waals surface area contributed by atoms with Crippen molar-refractivity contribution in [2.24, 2.45) is 0 Å². The number of hydrogen-bond donors (Lipinski definition) is 2. The summed E-state index contributed by atoms with van der Waals surface area (Å²) in [4.78, 5) is 18.0. The third-order valence-electron chi connectivity index (χ3n) is 3.30. The van der Waals surface area contributed by atoms with Crippen molar-refractivity contribution >= 4 is 23.1 Å². The van der Waals surface area contributed by atoms with Gasteiger partial charge in [-0.2, -0.15) is 0 Å². The molecule has 1 atom stereocenters. The minimum absolute atomic E-state index is 0.0760. The summed E-state index contributed by atoms with van der Waals surface area (Å²) < 4.78 is 0. The van der Waals surface area contributed by atoms with Crippen molar-refractivity contribution in [2.75, 3.05) is 16.8 Å². The van der Waals surface area contributed by atoms with Gasteiger partial charge in [0.25, 0.3) is 0 Å². The number of carbonyl (C=O) groups excluding carboxylic acids is 1. The Labute approximate surface area is 116 Å². The number of rotatable bonds is 2. The van der Waals surface area contributed by atoms with E-state index in [-0.39, 0.29) is 12.5 Å². The van der Waals surface area contributed by atoms with E-state index in [1.54, 1.807) is 25.3 Å². The van der Waals surface area contributed by atoms with Crippen LogP contribution in [0.1, 0.15) is 18.6 Å². The number of aliphatic hydroxyl groups is 1. The molecule has 5 heteroatoms. The first-order chi connectivity index (χ1) is 9.65. The highest BCUT2D eigenvalue weighted by atomic mass is 16.3. The Balaban J connectivity index is 2.06. The van der Waals surface area contributed by atoms with Crippen molar-refractivity contribution < 1.29 is 9.90 Å². The summed E-state index contributed by atoms with van der Waals surface area (Å²) >= 11 is 0. The Morgan fingerprint density at radius 3 is 2.95 bits per heavy atom. The van der Waals surface area contributed by atoms with E-state index in [0.29, 0.717) is 5.82 Å². The lowest BCUT2D eigenvalue weighted by Crippen LogP contribution is -2.35. The molecular weight excluding hydrogens is 254 g/mol. The monoisotopic (exact) mass is 269 g/mol. The number of anilines is 3. The Kier molecular flexibility index (Phi) is 3.12. The number of aliphatic hydroxyl groups excluding tert-OH is 1. The first kappa shape index (κ1) is 12.6. The smallest absolute Gasteiger partial charge is 0.244 e. The molecule has 1 aromatic carbocycles. The molecule has 2 aromatic rings.